The van der Waals surface area contributed by atoms with Crippen molar-refractivity contribution < 1.29 is 29.4 Å². The number of carboxylic acid groups (broad SMARTS) is 2. The number of nitrogens with one attached hydrogen (secondary N) is 1. The maximum Gasteiger partial charge on any atom is 0.321 e. The number of benzene rings is 1. The highest BCUT2D eigenvalue weighted by atomic mass is 32.2. The van der Waals surface area contributed by atoms with Crippen LogP contribution in [0.1, 0.15) is 68.6 Å². The monoisotopic (exact) mass is 710 g/mol. The number of carbonyl (C=O) groups excluding carboxylic acids is 2. The van der Waals surface area contributed by atoms with Gasteiger partial charge in [-0.3, -0.25) is 24.1 Å². The predicted molar refractivity (Wildman–Crippen MR) is 195 cm³/mol. The molecule has 3 aromatic rings. The van der Waals surface area contributed by atoms with Crippen molar-refractivity contribution in [3.63, 3.8) is 0 Å². The van der Waals surface area contributed by atoms with Gasteiger partial charge in [-0.1, -0.05) is 38.0 Å². The first-order chi connectivity index (χ1) is 23.9. The van der Waals surface area contributed by atoms with Crippen LogP contribution in [0.15, 0.2) is 30.5 Å². The predicted octanol–water partition coefficient (Wildman–Crippen LogP) is 3.34. The molecule has 1 aliphatic heterocycles. The number of hydrogen-bond acceptors (Lipinski definition) is 11. The van der Waals surface area contributed by atoms with E-state index >= 15 is 0 Å². The summed E-state index contributed by atoms with van der Waals surface area (Å²) in [4.78, 5) is 60.8. The van der Waals surface area contributed by atoms with Gasteiger partial charge in [-0.2, -0.15) is 4.98 Å². The lowest BCUT2D eigenvalue weighted by molar-refractivity contribution is -0.138. The third-order valence-corrected chi connectivity index (χ3v) is 10.3. The molecule has 1 aromatic carbocycles. The number of piperazine rings is 1. The molecule has 1 saturated heterocycles. The van der Waals surface area contributed by atoms with Crippen LogP contribution < -0.4 is 16.8 Å². The minimum Gasteiger partial charge on any atom is -0.481 e. The number of thioether (sulfide) groups is 1. The number of nitrogens with zero attached hydrogens (tertiary/aromatic N) is 5. The Morgan fingerprint density at radius 3 is 2.44 bits per heavy atom. The number of anilines is 2. The first-order valence-corrected chi connectivity index (χ1v) is 18.3. The summed E-state index contributed by atoms with van der Waals surface area (Å²) in [5.74, 6) is -1.75. The third-order valence-electron chi connectivity index (χ3n) is 8.91. The highest BCUT2D eigenvalue weighted by Crippen LogP contribution is 2.25. The van der Waals surface area contributed by atoms with E-state index in [9.17, 15) is 24.3 Å². The number of hydrogen-bond donors (Lipinski definition) is 5. The fourth-order valence-electron chi connectivity index (χ4n) is 6.04. The second kappa shape index (κ2) is 18.7. The molecule has 0 spiro atoms. The molecule has 3 heterocycles. The number of rotatable bonds is 20. The van der Waals surface area contributed by atoms with Crippen LogP contribution in [0.25, 0.3) is 11.0 Å². The summed E-state index contributed by atoms with van der Waals surface area (Å²) < 4.78 is 2.16. The molecule has 272 valence electrons. The van der Waals surface area contributed by atoms with Gasteiger partial charge in [0.05, 0.1) is 17.2 Å². The molecule has 1 amide bonds. The number of fused-ring (bicyclic) bond motifs is 1. The number of carboxylic acids is 2. The minimum absolute atomic E-state index is 0.0297. The van der Waals surface area contributed by atoms with E-state index in [1.807, 2.05) is 17.2 Å². The van der Waals surface area contributed by atoms with Crippen molar-refractivity contribution in [3.8, 4) is 0 Å². The molecule has 0 radical (unpaired) electrons. The second-order valence-corrected chi connectivity index (χ2v) is 14.1. The number of Topliss-reactive ketones (excluding diaryl/α,β-unsaturated/α-hetero) is 1. The Bertz CT molecular complexity index is 1640. The Morgan fingerprint density at radius 1 is 1.00 bits per heavy atom. The van der Waals surface area contributed by atoms with Crippen molar-refractivity contribution in [1.29, 1.82) is 0 Å². The van der Waals surface area contributed by atoms with Crippen LogP contribution in [0.5, 0.6) is 0 Å². The summed E-state index contributed by atoms with van der Waals surface area (Å²) in [5, 5.41) is 20.7. The van der Waals surface area contributed by atoms with Crippen LogP contribution in [-0.4, -0.2) is 108 Å². The molecule has 0 aliphatic carbocycles. The molecule has 1 fully saturated rings. The summed E-state index contributed by atoms with van der Waals surface area (Å²) in [6, 6.07) is 7.34. The second-order valence-electron chi connectivity index (χ2n) is 12.8. The third kappa shape index (κ3) is 11.2. The summed E-state index contributed by atoms with van der Waals surface area (Å²) in [5.41, 5.74) is 16.8. The molecule has 0 saturated carbocycles. The van der Waals surface area contributed by atoms with Crippen molar-refractivity contribution in [1.82, 2.24) is 24.3 Å². The van der Waals surface area contributed by atoms with Gasteiger partial charge >= 0.3 is 11.9 Å². The van der Waals surface area contributed by atoms with E-state index in [1.165, 1.54) is 16.7 Å². The zero-order valence-corrected chi connectivity index (χ0v) is 29.8. The number of unbranched alkanes of at least 4 members (excludes halogenated alkanes) is 2. The minimum atomic E-state index is -1.21. The Morgan fingerprint density at radius 2 is 1.76 bits per heavy atom. The normalized spacial score (nSPS) is 14.8. The Hall–Kier alpha value is -4.21. The smallest absolute Gasteiger partial charge is 0.321 e. The summed E-state index contributed by atoms with van der Waals surface area (Å²) >= 11 is 0.940. The lowest BCUT2D eigenvalue weighted by atomic mass is 10.0. The number of carbonyl (C=O) groups is 4. The van der Waals surface area contributed by atoms with Crippen LogP contribution in [0, 0.1) is 6.92 Å². The van der Waals surface area contributed by atoms with Crippen LogP contribution in [0.2, 0.25) is 0 Å². The largest absolute Gasteiger partial charge is 0.481 e. The molecule has 2 atom stereocenters. The summed E-state index contributed by atoms with van der Waals surface area (Å²) in [6.07, 6.45) is 5.52. The van der Waals surface area contributed by atoms with Gasteiger partial charge in [-0.05, 0) is 42.5 Å². The van der Waals surface area contributed by atoms with Gasteiger partial charge < -0.3 is 36.5 Å². The molecule has 0 unspecified atom stereocenters. The van der Waals surface area contributed by atoms with Gasteiger partial charge in [-0.15, -0.1) is 11.8 Å². The van der Waals surface area contributed by atoms with Crippen LogP contribution in [0.3, 0.4) is 0 Å². The van der Waals surface area contributed by atoms with E-state index < -0.39 is 29.7 Å². The van der Waals surface area contributed by atoms with Gasteiger partial charge in [0.25, 0.3) is 0 Å². The van der Waals surface area contributed by atoms with Gasteiger partial charge in [-0.25, -0.2) is 4.98 Å². The van der Waals surface area contributed by atoms with E-state index in [0.29, 0.717) is 26.1 Å². The van der Waals surface area contributed by atoms with Gasteiger partial charge in [0.1, 0.15) is 17.3 Å². The fourth-order valence-corrected chi connectivity index (χ4v) is 7.19. The van der Waals surface area contributed by atoms with E-state index in [-0.39, 0.29) is 36.2 Å². The highest BCUT2D eigenvalue weighted by molar-refractivity contribution is 8.00. The fraction of sp³-hybridized carbons (Fsp3) is 0.543. The van der Waals surface area contributed by atoms with Gasteiger partial charge in [0.15, 0.2) is 5.82 Å². The number of aryl methyl sites for hydroxylation is 1. The quantitative estimate of drug-likeness (QED) is 0.107. The first-order valence-electron chi connectivity index (χ1n) is 17.2. The number of nitrogens with two attached hydrogens (primary N) is 2. The van der Waals surface area contributed by atoms with Crippen molar-refractivity contribution >= 4 is 58.2 Å². The van der Waals surface area contributed by atoms with Gasteiger partial charge in [0.2, 0.25) is 11.9 Å². The topological polar surface area (TPSA) is 210 Å². The Balaban J connectivity index is 1.24. The van der Waals surface area contributed by atoms with Crippen molar-refractivity contribution in [2.45, 2.75) is 83.2 Å². The summed E-state index contributed by atoms with van der Waals surface area (Å²) in [7, 11) is 0. The molecule has 4 rings (SSSR count). The zero-order valence-electron chi connectivity index (χ0n) is 29.0. The Kier molecular flexibility index (Phi) is 14.4. The molecule has 0 bridgehead atoms. The molecule has 2 aromatic heterocycles. The van der Waals surface area contributed by atoms with Crippen LogP contribution in [-0.2, 0) is 32.3 Å². The molecule has 1 aliphatic rings. The summed E-state index contributed by atoms with van der Waals surface area (Å²) in [6.45, 7) is 9.24. The SMILES string of the molecule is CCCCCNc1nc(N)nc2ccn(Cc3ccc(CN4CCN(C(=O)CCCC(=O)[C@@H](CC(=O)O)SC[C@H](N)C(=O)O)CC4)cc3C)c12. The maximum absolute atomic E-state index is 12.9. The number of ketones is 1. The van der Waals surface area contributed by atoms with E-state index in [0.717, 1.165) is 74.1 Å². The number of nitrogen functional groups attached to an aromatic ring is 1. The highest BCUT2D eigenvalue weighted by Gasteiger charge is 2.26. The Labute approximate surface area is 297 Å². The molecule has 14 nitrogen and oxygen atoms in total. The van der Waals surface area contributed by atoms with E-state index in [4.69, 9.17) is 16.6 Å². The van der Waals surface area contributed by atoms with E-state index in [2.05, 4.69) is 56.8 Å². The van der Waals surface area contributed by atoms with Crippen molar-refractivity contribution in [2.75, 3.05) is 49.5 Å². The maximum atomic E-state index is 12.9. The standard InChI is InChI=1S/C35H50N8O6S/c1-3-4-5-12-38-33-32-27(39-35(37)40-33)11-13-43(32)21-25-10-9-24(18-23(25)2)20-41-14-16-42(17-15-41)30(45)8-6-7-28(44)29(19-31(46)47)50-22-26(36)34(48)49/h9-11,13,18,26,29H,3-8,12,14-17,19-22,36H2,1-2H3,(H,46,47)(H,48,49)(H3,37,38,39,40)/t26-,29+/m0/s1. The lowest BCUT2D eigenvalue weighted by Crippen LogP contribution is -2.48. The number of amides is 1. The van der Waals surface area contributed by atoms with Crippen LogP contribution in [0.4, 0.5) is 11.8 Å². The number of aromatic nitrogens is 3. The zero-order chi connectivity index (χ0) is 36.2. The number of aliphatic carboxylic acids is 2. The molecule has 15 heteroatoms. The molecule has 7 N–H and O–H groups in total. The first kappa shape index (κ1) is 38.6. The average Bonchev–Trinajstić information content (AvgIpc) is 3.48. The van der Waals surface area contributed by atoms with Gasteiger partial charge in [0, 0.05) is 70.6 Å². The van der Waals surface area contributed by atoms with Crippen LogP contribution >= 0.6 is 11.8 Å². The molecule has 50 heavy (non-hydrogen) atoms. The average molecular weight is 711 g/mol. The van der Waals surface area contributed by atoms with E-state index in [1.54, 1.807) is 0 Å². The molecular weight excluding hydrogens is 661 g/mol. The molecular formula is C35H50N8O6S. The lowest BCUT2D eigenvalue weighted by Gasteiger charge is -2.35. The van der Waals surface area contributed by atoms with Crippen molar-refractivity contribution in [3.05, 3.63) is 47.2 Å². The van der Waals surface area contributed by atoms with Crippen molar-refractivity contribution in [2.24, 2.45) is 5.73 Å².